The van der Waals surface area contributed by atoms with Crippen molar-refractivity contribution in [3.63, 3.8) is 0 Å². The van der Waals surface area contributed by atoms with E-state index in [1.165, 1.54) is 0 Å². The summed E-state index contributed by atoms with van der Waals surface area (Å²) in [6, 6.07) is 5.54. The van der Waals surface area contributed by atoms with Gasteiger partial charge in [0.2, 0.25) is 5.91 Å². The van der Waals surface area contributed by atoms with Gasteiger partial charge in [0.15, 0.2) is 0 Å². The van der Waals surface area contributed by atoms with Crippen molar-refractivity contribution in [3.05, 3.63) is 49.9 Å². The van der Waals surface area contributed by atoms with E-state index in [4.69, 9.17) is 23.2 Å². The van der Waals surface area contributed by atoms with Gasteiger partial charge in [0, 0.05) is 22.0 Å². The Labute approximate surface area is 155 Å². The summed E-state index contributed by atoms with van der Waals surface area (Å²) in [6.07, 6.45) is 2.15. The number of carbonyl (C=O) groups excluding carboxylic acids is 1. The molecule has 1 aliphatic rings. The third-order valence-corrected chi connectivity index (χ3v) is 5.56. The average molecular weight is 384 g/mol. The van der Waals surface area contributed by atoms with Crippen LogP contribution in [0.25, 0.3) is 0 Å². The van der Waals surface area contributed by atoms with Crippen LogP contribution < -0.4 is 5.32 Å². The molecule has 1 saturated heterocycles. The van der Waals surface area contributed by atoms with Crippen LogP contribution in [-0.4, -0.2) is 28.9 Å². The molecule has 1 N–H and O–H groups in total. The Hall–Kier alpha value is -1.14. The Balaban J connectivity index is 1.56. The smallest absolute Gasteiger partial charge is 0.234 e. The van der Waals surface area contributed by atoms with E-state index in [-0.39, 0.29) is 11.9 Å². The fraction of sp³-hybridized carbons (Fsp3) is 0.412. The number of hydrogen-bond donors (Lipinski definition) is 1. The third-order valence-electron chi connectivity index (χ3n) is 4.18. The molecule has 2 heterocycles. The minimum atomic E-state index is -0.000122. The van der Waals surface area contributed by atoms with Crippen LogP contribution in [0, 0.1) is 6.92 Å². The molecule has 0 bridgehead atoms. The molecule has 1 aliphatic heterocycles. The highest BCUT2D eigenvalue weighted by Gasteiger charge is 2.29. The number of carbonyl (C=O) groups is 1. The zero-order valence-corrected chi connectivity index (χ0v) is 15.7. The Morgan fingerprint density at radius 2 is 2.29 bits per heavy atom. The monoisotopic (exact) mass is 383 g/mol. The molecule has 0 aliphatic carbocycles. The molecule has 1 amide bonds. The molecule has 24 heavy (non-hydrogen) atoms. The summed E-state index contributed by atoms with van der Waals surface area (Å²) in [5, 5.41) is 7.27. The molecule has 0 radical (unpaired) electrons. The van der Waals surface area contributed by atoms with E-state index in [2.05, 4.69) is 20.6 Å². The second kappa shape index (κ2) is 7.83. The Morgan fingerprint density at radius 1 is 1.46 bits per heavy atom. The minimum absolute atomic E-state index is 0.000122. The van der Waals surface area contributed by atoms with Crippen molar-refractivity contribution in [1.29, 1.82) is 0 Å². The first-order valence-corrected chi connectivity index (χ1v) is 9.53. The predicted octanol–water partition coefficient (Wildman–Crippen LogP) is 4.21. The normalized spacial score (nSPS) is 18.0. The zero-order chi connectivity index (χ0) is 17.1. The van der Waals surface area contributed by atoms with E-state index in [9.17, 15) is 4.79 Å². The largest absolute Gasteiger partial charge is 0.351 e. The number of amides is 1. The van der Waals surface area contributed by atoms with Gasteiger partial charge in [0.25, 0.3) is 0 Å². The van der Waals surface area contributed by atoms with E-state index in [1.807, 2.05) is 13.0 Å². The average Bonchev–Trinajstić information content (AvgIpc) is 3.15. The molecule has 128 valence electrons. The maximum absolute atomic E-state index is 12.3. The first-order chi connectivity index (χ1) is 11.5. The number of benzene rings is 1. The van der Waals surface area contributed by atoms with Gasteiger partial charge in [-0.1, -0.05) is 29.3 Å². The van der Waals surface area contributed by atoms with Crippen LogP contribution in [0.15, 0.2) is 23.6 Å². The Kier molecular flexibility index (Phi) is 5.76. The minimum Gasteiger partial charge on any atom is -0.351 e. The van der Waals surface area contributed by atoms with Crippen molar-refractivity contribution in [2.24, 2.45) is 0 Å². The van der Waals surface area contributed by atoms with Crippen LogP contribution in [0.3, 0.4) is 0 Å². The molecule has 7 heteroatoms. The van der Waals surface area contributed by atoms with Crippen molar-refractivity contribution in [3.8, 4) is 0 Å². The summed E-state index contributed by atoms with van der Waals surface area (Å²) in [7, 11) is 0. The van der Waals surface area contributed by atoms with Gasteiger partial charge < -0.3 is 5.32 Å². The van der Waals surface area contributed by atoms with E-state index in [0.717, 1.165) is 35.7 Å². The Morgan fingerprint density at radius 3 is 3.00 bits per heavy atom. The maximum atomic E-state index is 12.3. The summed E-state index contributed by atoms with van der Waals surface area (Å²) in [4.78, 5) is 19.1. The summed E-state index contributed by atoms with van der Waals surface area (Å²) < 4.78 is 0. The van der Waals surface area contributed by atoms with Crippen LogP contribution in [-0.2, 0) is 11.3 Å². The first-order valence-electron chi connectivity index (χ1n) is 7.89. The van der Waals surface area contributed by atoms with Crippen molar-refractivity contribution >= 4 is 40.4 Å². The van der Waals surface area contributed by atoms with Crippen molar-refractivity contribution in [2.45, 2.75) is 32.4 Å². The molecule has 1 atom stereocenters. The lowest BCUT2D eigenvalue weighted by Crippen LogP contribution is -2.36. The van der Waals surface area contributed by atoms with E-state index >= 15 is 0 Å². The summed E-state index contributed by atoms with van der Waals surface area (Å²) in [5.74, 6) is -0.000122. The lowest BCUT2D eigenvalue weighted by Gasteiger charge is -2.22. The number of likely N-dealkylation sites (tertiary alicyclic amines) is 1. The summed E-state index contributed by atoms with van der Waals surface area (Å²) in [6.45, 7) is 3.72. The van der Waals surface area contributed by atoms with E-state index in [1.54, 1.807) is 23.5 Å². The molecular formula is C17H19Cl2N3OS. The number of thiazole rings is 1. The quantitative estimate of drug-likeness (QED) is 0.840. The molecular weight excluding hydrogens is 365 g/mol. The molecule has 0 saturated carbocycles. The van der Waals surface area contributed by atoms with E-state index in [0.29, 0.717) is 23.1 Å². The highest BCUT2D eigenvalue weighted by atomic mass is 35.5. The molecule has 0 unspecified atom stereocenters. The van der Waals surface area contributed by atoms with Crippen LogP contribution in [0.1, 0.15) is 35.1 Å². The van der Waals surface area contributed by atoms with Gasteiger partial charge in [-0.05, 0) is 44.0 Å². The molecule has 1 aromatic carbocycles. The van der Waals surface area contributed by atoms with Crippen molar-refractivity contribution in [2.75, 3.05) is 13.1 Å². The lowest BCUT2D eigenvalue weighted by atomic mass is 10.1. The van der Waals surface area contributed by atoms with Crippen molar-refractivity contribution in [1.82, 2.24) is 15.2 Å². The first kappa shape index (κ1) is 17.7. The fourth-order valence-electron chi connectivity index (χ4n) is 2.98. The number of hydrogen-bond acceptors (Lipinski definition) is 4. The lowest BCUT2D eigenvalue weighted by molar-refractivity contribution is -0.122. The number of nitrogens with zero attached hydrogens (tertiary/aromatic N) is 2. The second-order valence-corrected chi connectivity index (χ2v) is 7.84. The standard InChI is InChI=1S/C17H19Cl2N3OS/c1-11-21-15(10-24-11)16-3-2-6-22(16)9-17(23)20-8-12-4-5-13(18)7-14(12)19/h4-5,7,10,16H,2-3,6,8-9H2,1H3,(H,20,23)/t16-/m1/s1. The summed E-state index contributed by atoms with van der Waals surface area (Å²) in [5.41, 5.74) is 1.95. The molecule has 3 rings (SSSR count). The molecule has 4 nitrogen and oxygen atoms in total. The number of aromatic nitrogens is 1. The van der Waals surface area contributed by atoms with Gasteiger partial charge in [-0.25, -0.2) is 4.98 Å². The fourth-order valence-corrected chi connectivity index (χ4v) is 4.12. The number of nitrogens with one attached hydrogen (secondary N) is 1. The maximum Gasteiger partial charge on any atom is 0.234 e. The van der Waals surface area contributed by atoms with Gasteiger partial charge in [0.1, 0.15) is 0 Å². The highest BCUT2D eigenvalue weighted by molar-refractivity contribution is 7.09. The van der Waals surface area contributed by atoms with Crippen LogP contribution in [0.4, 0.5) is 0 Å². The molecule has 1 fully saturated rings. The van der Waals surface area contributed by atoms with E-state index < -0.39 is 0 Å². The van der Waals surface area contributed by atoms with Crippen LogP contribution in [0.5, 0.6) is 0 Å². The second-order valence-electron chi connectivity index (χ2n) is 5.93. The topological polar surface area (TPSA) is 45.2 Å². The van der Waals surface area contributed by atoms with Gasteiger partial charge in [0.05, 0.1) is 23.3 Å². The van der Waals surface area contributed by atoms with Gasteiger partial charge in [-0.15, -0.1) is 11.3 Å². The van der Waals surface area contributed by atoms with Crippen LogP contribution >= 0.6 is 34.5 Å². The molecule has 1 aromatic heterocycles. The number of rotatable bonds is 5. The van der Waals surface area contributed by atoms with Gasteiger partial charge in [-0.2, -0.15) is 0 Å². The van der Waals surface area contributed by atoms with Gasteiger partial charge >= 0.3 is 0 Å². The van der Waals surface area contributed by atoms with Gasteiger partial charge in [-0.3, -0.25) is 9.69 Å². The summed E-state index contributed by atoms with van der Waals surface area (Å²) >= 11 is 13.7. The van der Waals surface area contributed by atoms with Crippen molar-refractivity contribution < 1.29 is 4.79 Å². The predicted molar refractivity (Wildman–Crippen MR) is 98.7 cm³/mol. The SMILES string of the molecule is Cc1nc([C@H]2CCCN2CC(=O)NCc2ccc(Cl)cc2Cl)cs1. The third kappa shape index (κ3) is 4.28. The molecule has 2 aromatic rings. The number of halogens is 2. The van der Waals surface area contributed by atoms with Crippen LogP contribution in [0.2, 0.25) is 10.0 Å². The molecule has 0 spiro atoms. The Bertz CT molecular complexity index is 734. The zero-order valence-electron chi connectivity index (χ0n) is 13.4. The number of aryl methyl sites for hydroxylation is 1. The highest BCUT2D eigenvalue weighted by Crippen LogP contribution is 2.32.